The number of para-hydroxylation sites is 1. The Kier molecular flexibility index (Phi) is 5.41. The summed E-state index contributed by atoms with van der Waals surface area (Å²) in [5.41, 5.74) is 3.46. The molecule has 1 aliphatic heterocycles. The van der Waals surface area contributed by atoms with Crippen LogP contribution in [-0.4, -0.2) is 25.4 Å². The molecule has 170 valence electrons. The Morgan fingerprint density at radius 3 is 2.53 bits per heavy atom. The average molecular weight is 474 g/mol. The van der Waals surface area contributed by atoms with Crippen LogP contribution in [0.25, 0.3) is 17.0 Å². The summed E-state index contributed by atoms with van der Waals surface area (Å²) in [6.45, 7) is 5.59. The van der Waals surface area contributed by atoms with Gasteiger partial charge in [-0.2, -0.15) is 4.68 Å². The third-order valence-electron chi connectivity index (χ3n) is 5.54. The minimum absolute atomic E-state index is 0.161. The van der Waals surface area contributed by atoms with Crippen molar-refractivity contribution in [1.29, 1.82) is 0 Å². The summed E-state index contributed by atoms with van der Waals surface area (Å²) in [6, 6.07) is 14.9. The first-order valence-electron chi connectivity index (χ1n) is 10.5. The molecule has 1 N–H and O–H groups in total. The van der Waals surface area contributed by atoms with Crippen molar-refractivity contribution in [2.24, 2.45) is 4.99 Å². The van der Waals surface area contributed by atoms with Crippen molar-refractivity contribution < 1.29 is 9.18 Å². The van der Waals surface area contributed by atoms with Gasteiger partial charge in [-0.05, 0) is 86.6 Å². The molecule has 0 atom stereocenters. The number of amides is 1. The number of nitrogens with zero attached hydrogens (tertiary/aromatic N) is 4. The molecule has 0 unspecified atom stereocenters. The Morgan fingerprint density at radius 1 is 1.03 bits per heavy atom. The molecule has 0 saturated carbocycles. The number of carbonyl (C=O) groups is 1. The Balaban J connectivity index is 1.53. The summed E-state index contributed by atoms with van der Waals surface area (Å²) >= 11 is 1.21. The van der Waals surface area contributed by atoms with Crippen molar-refractivity contribution >= 4 is 45.5 Å². The van der Waals surface area contributed by atoms with Crippen molar-refractivity contribution in [3.8, 4) is 0 Å². The molecule has 1 aliphatic rings. The quantitative estimate of drug-likeness (QED) is 0.446. The number of aryl methyl sites for hydroxylation is 2. The van der Waals surface area contributed by atoms with Crippen LogP contribution < -0.4 is 10.9 Å². The van der Waals surface area contributed by atoms with Crippen LogP contribution in [0, 0.1) is 26.6 Å². The molecule has 0 radical (unpaired) electrons. The second-order valence-electron chi connectivity index (χ2n) is 7.89. The lowest BCUT2D eigenvalue weighted by Gasteiger charge is -2.16. The van der Waals surface area contributed by atoms with Crippen LogP contribution in [0.15, 0.2) is 69.3 Å². The van der Waals surface area contributed by atoms with E-state index < -0.39 is 0 Å². The first kappa shape index (κ1) is 21.8. The molecule has 0 aliphatic carbocycles. The van der Waals surface area contributed by atoms with Crippen molar-refractivity contribution in [2.75, 3.05) is 0 Å². The highest BCUT2D eigenvalue weighted by Gasteiger charge is 2.25. The zero-order valence-electron chi connectivity index (χ0n) is 18.7. The van der Waals surface area contributed by atoms with Gasteiger partial charge in [0, 0.05) is 11.4 Å². The van der Waals surface area contributed by atoms with Crippen molar-refractivity contribution in [3.05, 3.63) is 98.4 Å². The van der Waals surface area contributed by atoms with E-state index >= 15 is 0 Å². The lowest BCUT2D eigenvalue weighted by molar-refractivity contribution is -0.115. The van der Waals surface area contributed by atoms with Gasteiger partial charge in [-0.1, -0.05) is 12.1 Å². The van der Waals surface area contributed by atoms with Crippen LogP contribution in [0.1, 0.15) is 22.8 Å². The summed E-state index contributed by atoms with van der Waals surface area (Å²) in [5, 5.41) is 3.69. The maximum atomic E-state index is 13.3. The summed E-state index contributed by atoms with van der Waals surface area (Å²) < 4.78 is 16.5. The summed E-state index contributed by atoms with van der Waals surface area (Å²) in [7, 11) is 0. The number of fused-ring (bicyclic) bond motifs is 1. The zero-order chi connectivity index (χ0) is 24.0. The number of halogens is 1. The number of aliphatic imine (C=N–C) groups is 1. The Hall–Kier alpha value is -3.98. The van der Waals surface area contributed by atoms with Gasteiger partial charge < -0.3 is 5.32 Å². The molecule has 4 aromatic rings. The number of amidine groups is 1. The highest BCUT2D eigenvalue weighted by atomic mass is 32.2. The monoisotopic (exact) mass is 473 g/mol. The molecule has 1 saturated heterocycles. The number of hydrogen-bond donors (Lipinski definition) is 1. The van der Waals surface area contributed by atoms with Crippen LogP contribution in [-0.2, 0) is 4.79 Å². The molecule has 5 rings (SSSR count). The van der Waals surface area contributed by atoms with E-state index in [1.807, 2.05) is 42.8 Å². The number of rotatable bonds is 3. The van der Waals surface area contributed by atoms with Gasteiger partial charge in [0.1, 0.15) is 11.6 Å². The minimum Gasteiger partial charge on any atom is -0.300 e. The van der Waals surface area contributed by atoms with Gasteiger partial charge >= 0.3 is 0 Å². The van der Waals surface area contributed by atoms with Gasteiger partial charge in [0.15, 0.2) is 5.17 Å². The van der Waals surface area contributed by atoms with Gasteiger partial charge in [0.05, 0.1) is 21.5 Å². The predicted octanol–water partition coefficient (Wildman–Crippen LogP) is 4.47. The van der Waals surface area contributed by atoms with E-state index in [2.05, 4.69) is 15.3 Å². The molecule has 1 amide bonds. The largest absolute Gasteiger partial charge is 0.300 e. The lowest BCUT2D eigenvalue weighted by atomic mass is 10.2. The van der Waals surface area contributed by atoms with Gasteiger partial charge in [-0.25, -0.2) is 14.4 Å². The van der Waals surface area contributed by atoms with Crippen molar-refractivity contribution in [1.82, 2.24) is 19.7 Å². The number of aromatic nitrogens is 3. The molecule has 0 bridgehead atoms. The molecule has 2 aromatic carbocycles. The predicted molar refractivity (Wildman–Crippen MR) is 133 cm³/mol. The van der Waals surface area contributed by atoms with Gasteiger partial charge in [0.2, 0.25) is 0 Å². The molecule has 7 nitrogen and oxygen atoms in total. The number of carbonyl (C=O) groups excluding carboxylic acids is 1. The smallest absolute Gasteiger partial charge is 0.280 e. The lowest BCUT2D eigenvalue weighted by Crippen LogP contribution is -2.30. The fourth-order valence-corrected chi connectivity index (χ4v) is 4.79. The minimum atomic E-state index is -0.348. The van der Waals surface area contributed by atoms with E-state index in [9.17, 15) is 14.0 Å². The standard InChI is InChI=1S/C25H20FN5O2S/c1-14-12-17(13-22-23(32)29-25(34-22)28-19-10-8-18(26)9-11-19)15(2)30(14)31-16(3)27-21-7-5-4-6-20(21)24(31)33/h4-13H,1-3H3,(H,28,29,32). The highest BCUT2D eigenvalue weighted by Crippen LogP contribution is 2.29. The normalized spacial score (nSPS) is 16.1. The van der Waals surface area contributed by atoms with Crippen molar-refractivity contribution in [3.63, 3.8) is 0 Å². The average Bonchev–Trinajstić information content (AvgIpc) is 3.28. The fraction of sp³-hybridized carbons (Fsp3) is 0.120. The molecule has 3 heterocycles. The fourth-order valence-electron chi connectivity index (χ4n) is 3.96. The highest BCUT2D eigenvalue weighted by molar-refractivity contribution is 8.18. The maximum absolute atomic E-state index is 13.3. The van der Waals surface area contributed by atoms with Gasteiger partial charge in [-0.15, -0.1) is 0 Å². The Morgan fingerprint density at radius 2 is 1.76 bits per heavy atom. The summed E-state index contributed by atoms with van der Waals surface area (Å²) in [6.07, 6.45) is 1.78. The second-order valence-corrected chi connectivity index (χ2v) is 8.92. The molecule has 34 heavy (non-hydrogen) atoms. The Labute approximate surface area is 198 Å². The zero-order valence-corrected chi connectivity index (χ0v) is 19.5. The molecule has 0 spiro atoms. The maximum Gasteiger partial charge on any atom is 0.280 e. The van der Waals surface area contributed by atoms with Crippen LogP contribution in [0.3, 0.4) is 0 Å². The van der Waals surface area contributed by atoms with E-state index in [0.29, 0.717) is 32.5 Å². The first-order chi connectivity index (χ1) is 16.3. The number of thioether (sulfide) groups is 1. The summed E-state index contributed by atoms with van der Waals surface area (Å²) in [4.78, 5) is 35.3. The molecule has 2 aromatic heterocycles. The number of benzene rings is 2. The van der Waals surface area contributed by atoms with E-state index in [1.54, 1.807) is 35.9 Å². The van der Waals surface area contributed by atoms with Crippen molar-refractivity contribution in [2.45, 2.75) is 20.8 Å². The van der Waals surface area contributed by atoms with Crippen LogP contribution in [0.4, 0.5) is 10.1 Å². The summed E-state index contributed by atoms with van der Waals surface area (Å²) in [5.74, 6) is -0.0539. The van der Waals surface area contributed by atoms with E-state index in [-0.39, 0.29) is 17.3 Å². The SMILES string of the molecule is Cc1cc(C=C2SC(=Nc3ccc(F)cc3)NC2=O)c(C)n1-n1c(C)nc2ccccc2c1=O. The van der Waals surface area contributed by atoms with E-state index in [0.717, 1.165) is 17.0 Å². The first-order valence-corrected chi connectivity index (χ1v) is 11.4. The number of nitrogens with one attached hydrogen (secondary N) is 1. The second kappa shape index (κ2) is 8.42. The Bertz CT molecular complexity index is 1580. The van der Waals surface area contributed by atoms with Crippen LogP contribution in [0.2, 0.25) is 0 Å². The van der Waals surface area contributed by atoms with E-state index in [1.165, 1.54) is 23.9 Å². The van der Waals surface area contributed by atoms with Crippen LogP contribution >= 0.6 is 11.8 Å². The molecular weight excluding hydrogens is 453 g/mol. The van der Waals surface area contributed by atoms with Crippen LogP contribution in [0.5, 0.6) is 0 Å². The van der Waals surface area contributed by atoms with E-state index in [4.69, 9.17) is 0 Å². The van der Waals surface area contributed by atoms with Gasteiger partial charge in [0.25, 0.3) is 11.5 Å². The number of hydrogen-bond acceptors (Lipinski definition) is 5. The van der Waals surface area contributed by atoms with Gasteiger partial charge in [-0.3, -0.25) is 14.3 Å². The topological polar surface area (TPSA) is 81.3 Å². The third kappa shape index (κ3) is 3.84. The third-order valence-corrected chi connectivity index (χ3v) is 6.45. The molecule has 9 heteroatoms. The molecule has 1 fully saturated rings. The molecular formula is C25H20FN5O2S.